The van der Waals surface area contributed by atoms with Crippen molar-refractivity contribution in [1.29, 1.82) is 0 Å². The van der Waals surface area contributed by atoms with E-state index in [4.69, 9.17) is 4.74 Å². The van der Waals surface area contributed by atoms with Gasteiger partial charge in [-0.15, -0.1) is 0 Å². The molecular formula is C21H25BrN2O2. The lowest BCUT2D eigenvalue weighted by atomic mass is 10.1. The summed E-state index contributed by atoms with van der Waals surface area (Å²) < 4.78 is 5.84. The summed E-state index contributed by atoms with van der Waals surface area (Å²) in [6.45, 7) is 6.33. The quantitative estimate of drug-likeness (QED) is 0.771. The van der Waals surface area contributed by atoms with E-state index in [-0.39, 0.29) is 5.75 Å². The van der Waals surface area contributed by atoms with Crippen molar-refractivity contribution in [2.75, 3.05) is 39.8 Å². The van der Waals surface area contributed by atoms with Gasteiger partial charge < -0.3 is 9.84 Å². The SMILES string of the molecule is COc1cc(/C=C/CN2CCN(Cc3ccccc3)CC2)cc(Br)c1O. The molecule has 0 aromatic heterocycles. The minimum atomic E-state index is 0.138. The van der Waals surface area contributed by atoms with Crippen molar-refractivity contribution in [3.8, 4) is 11.5 Å². The van der Waals surface area contributed by atoms with Gasteiger partial charge >= 0.3 is 0 Å². The zero-order valence-electron chi connectivity index (χ0n) is 15.1. The first-order valence-electron chi connectivity index (χ1n) is 8.87. The van der Waals surface area contributed by atoms with Gasteiger partial charge in [0.2, 0.25) is 0 Å². The third-order valence-corrected chi connectivity index (χ3v) is 5.26. The molecule has 0 bridgehead atoms. The van der Waals surface area contributed by atoms with Crippen molar-refractivity contribution in [3.63, 3.8) is 0 Å². The predicted octanol–water partition coefficient (Wildman–Crippen LogP) is 3.99. The Morgan fingerprint density at radius 2 is 1.77 bits per heavy atom. The Kier molecular flexibility index (Phi) is 6.72. The molecule has 5 heteroatoms. The van der Waals surface area contributed by atoms with E-state index >= 15 is 0 Å². The molecule has 0 saturated carbocycles. The van der Waals surface area contributed by atoms with E-state index in [1.807, 2.05) is 12.1 Å². The fourth-order valence-electron chi connectivity index (χ4n) is 3.16. The number of methoxy groups -OCH3 is 1. The lowest BCUT2D eigenvalue weighted by molar-refractivity contribution is 0.137. The van der Waals surface area contributed by atoms with E-state index in [9.17, 15) is 5.11 Å². The monoisotopic (exact) mass is 416 g/mol. The van der Waals surface area contributed by atoms with Crippen LogP contribution in [0.3, 0.4) is 0 Å². The first kappa shape index (κ1) is 19.0. The minimum absolute atomic E-state index is 0.138. The topological polar surface area (TPSA) is 35.9 Å². The average molecular weight is 417 g/mol. The zero-order chi connectivity index (χ0) is 18.4. The van der Waals surface area contributed by atoms with Crippen LogP contribution >= 0.6 is 15.9 Å². The highest BCUT2D eigenvalue weighted by atomic mass is 79.9. The minimum Gasteiger partial charge on any atom is -0.503 e. The molecule has 1 aliphatic heterocycles. The molecule has 138 valence electrons. The number of phenolic OH excluding ortho intramolecular Hbond substituents is 1. The van der Waals surface area contributed by atoms with Crippen LogP contribution in [0.25, 0.3) is 6.08 Å². The molecule has 1 N–H and O–H groups in total. The summed E-state index contributed by atoms with van der Waals surface area (Å²) >= 11 is 3.36. The number of hydrogen-bond acceptors (Lipinski definition) is 4. The Labute approximate surface area is 163 Å². The van der Waals surface area contributed by atoms with Crippen molar-refractivity contribution < 1.29 is 9.84 Å². The summed E-state index contributed by atoms with van der Waals surface area (Å²) in [4.78, 5) is 4.97. The number of rotatable bonds is 6. The van der Waals surface area contributed by atoms with Crippen molar-refractivity contribution in [3.05, 3.63) is 64.1 Å². The van der Waals surface area contributed by atoms with Crippen LogP contribution in [0.15, 0.2) is 53.0 Å². The van der Waals surface area contributed by atoms with Crippen LogP contribution in [-0.2, 0) is 6.54 Å². The van der Waals surface area contributed by atoms with Crippen molar-refractivity contribution in [1.82, 2.24) is 9.80 Å². The van der Waals surface area contributed by atoms with Gasteiger partial charge in [0, 0.05) is 39.3 Å². The maximum Gasteiger partial charge on any atom is 0.172 e. The normalized spacial score (nSPS) is 16.2. The van der Waals surface area contributed by atoms with Crippen LogP contribution in [0, 0.1) is 0 Å². The van der Waals surface area contributed by atoms with Gasteiger partial charge in [-0.2, -0.15) is 0 Å². The largest absolute Gasteiger partial charge is 0.503 e. The highest BCUT2D eigenvalue weighted by Gasteiger charge is 2.15. The second-order valence-corrected chi connectivity index (χ2v) is 7.37. The van der Waals surface area contributed by atoms with E-state index in [1.165, 1.54) is 5.56 Å². The number of aromatic hydroxyl groups is 1. The molecule has 0 unspecified atom stereocenters. The van der Waals surface area contributed by atoms with Crippen molar-refractivity contribution >= 4 is 22.0 Å². The summed E-state index contributed by atoms with van der Waals surface area (Å²) in [6, 6.07) is 14.4. The second kappa shape index (κ2) is 9.21. The fourth-order valence-corrected chi connectivity index (χ4v) is 3.61. The van der Waals surface area contributed by atoms with Crippen molar-refractivity contribution in [2.24, 2.45) is 0 Å². The molecule has 1 saturated heterocycles. The van der Waals surface area contributed by atoms with Gasteiger partial charge in [-0.3, -0.25) is 9.80 Å². The van der Waals surface area contributed by atoms with Crippen LogP contribution in [0.5, 0.6) is 11.5 Å². The highest BCUT2D eigenvalue weighted by molar-refractivity contribution is 9.10. The number of benzene rings is 2. The van der Waals surface area contributed by atoms with Gasteiger partial charge in [-0.25, -0.2) is 0 Å². The number of nitrogens with zero attached hydrogens (tertiary/aromatic N) is 2. The Balaban J connectivity index is 1.48. The Morgan fingerprint density at radius 3 is 2.46 bits per heavy atom. The highest BCUT2D eigenvalue weighted by Crippen LogP contribution is 2.35. The van der Waals surface area contributed by atoms with Gasteiger partial charge in [0.05, 0.1) is 11.6 Å². The number of ether oxygens (including phenoxy) is 1. The number of halogens is 1. The Bertz CT molecular complexity index is 741. The Hall–Kier alpha value is -1.82. The number of piperazine rings is 1. The van der Waals surface area contributed by atoms with E-state index in [0.29, 0.717) is 10.2 Å². The van der Waals surface area contributed by atoms with Crippen LogP contribution in [0.2, 0.25) is 0 Å². The number of hydrogen-bond donors (Lipinski definition) is 1. The Morgan fingerprint density at radius 1 is 1.08 bits per heavy atom. The van der Waals surface area contributed by atoms with Gasteiger partial charge in [-0.1, -0.05) is 42.5 Å². The zero-order valence-corrected chi connectivity index (χ0v) is 16.7. The van der Waals surface area contributed by atoms with E-state index in [0.717, 1.165) is 44.8 Å². The lowest BCUT2D eigenvalue weighted by Crippen LogP contribution is -2.45. The summed E-state index contributed by atoms with van der Waals surface area (Å²) in [5.74, 6) is 0.618. The summed E-state index contributed by atoms with van der Waals surface area (Å²) in [6.07, 6.45) is 4.24. The summed E-state index contributed by atoms with van der Waals surface area (Å²) in [5.41, 5.74) is 2.39. The first-order chi connectivity index (χ1) is 12.7. The van der Waals surface area contributed by atoms with Gasteiger partial charge in [0.15, 0.2) is 11.5 Å². The van der Waals surface area contributed by atoms with Crippen LogP contribution in [0.4, 0.5) is 0 Å². The molecule has 0 spiro atoms. The molecule has 2 aromatic rings. The molecule has 0 radical (unpaired) electrons. The molecule has 26 heavy (non-hydrogen) atoms. The maximum atomic E-state index is 9.87. The van der Waals surface area contributed by atoms with Crippen LogP contribution in [-0.4, -0.2) is 54.7 Å². The predicted molar refractivity (Wildman–Crippen MR) is 110 cm³/mol. The van der Waals surface area contributed by atoms with E-state index < -0.39 is 0 Å². The molecule has 3 rings (SSSR count). The molecule has 1 fully saturated rings. The molecule has 0 amide bonds. The molecule has 4 nitrogen and oxygen atoms in total. The van der Waals surface area contributed by atoms with Crippen molar-refractivity contribution in [2.45, 2.75) is 6.54 Å². The number of phenols is 1. The average Bonchev–Trinajstić information content (AvgIpc) is 2.66. The van der Waals surface area contributed by atoms with Gasteiger partial charge in [-0.05, 0) is 39.2 Å². The third-order valence-electron chi connectivity index (χ3n) is 4.66. The summed E-state index contributed by atoms with van der Waals surface area (Å²) in [7, 11) is 1.56. The van der Waals surface area contributed by atoms with Gasteiger partial charge in [0.25, 0.3) is 0 Å². The maximum absolute atomic E-state index is 9.87. The lowest BCUT2D eigenvalue weighted by Gasteiger charge is -2.34. The first-order valence-corrected chi connectivity index (χ1v) is 9.66. The third kappa shape index (κ3) is 5.10. The van der Waals surface area contributed by atoms with E-state index in [2.05, 4.69) is 68.2 Å². The van der Waals surface area contributed by atoms with Crippen LogP contribution in [0.1, 0.15) is 11.1 Å². The molecule has 2 aromatic carbocycles. The molecule has 1 aliphatic rings. The standard InChI is InChI=1S/C21H25BrN2O2/c1-26-20-15-18(14-19(22)21(20)25)8-5-9-23-10-12-24(13-11-23)16-17-6-3-2-4-7-17/h2-8,14-15,25H,9-13,16H2,1H3/b8-5+. The fraction of sp³-hybridized carbons (Fsp3) is 0.333. The van der Waals surface area contributed by atoms with Crippen LogP contribution < -0.4 is 4.74 Å². The molecule has 0 aliphatic carbocycles. The molecular weight excluding hydrogens is 392 g/mol. The summed E-state index contributed by atoms with van der Waals surface area (Å²) in [5, 5.41) is 9.87. The smallest absolute Gasteiger partial charge is 0.172 e. The van der Waals surface area contributed by atoms with E-state index in [1.54, 1.807) is 7.11 Å². The van der Waals surface area contributed by atoms with Gasteiger partial charge in [0.1, 0.15) is 0 Å². The molecule has 0 atom stereocenters. The molecule has 1 heterocycles. The second-order valence-electron chi connectivity index (χ2n) is 6.52.